The molecule has 9 nitrogen and oxygen atoms in total. The average molecular weight is 608 g/mol. The molecule has 1 saturated carbocycles. The lowest BCUT2D eigenvalue weighted by atomic mass is 9.90. The predicted octanol–water partition coefficient (Wildman–Crippen LogP) is 6.63. The molecule has 3 aromatic heterocycles. The Labute approximate surface area is 263 Å². The number of likely N-dealkylation sites (N-methyl/N-ethyl adjacent to an activating group) is 1. The molecule has 0 atom stereocenters. The molecule has 3 N–H and O–H groups in total. The van der Waals surface area contributed by atoms with Crippen LogP contribution in [0.4, 0.5) is 16.6 Å². The van der Waals surface area contributed by atoms with Crippen LogP contribution in [0.1, 0.15) is 49.9 Å². The van der Waals surface area contributed by atoms with E-state index in [-0.39, 0.29) is 0 Å². The summed E-state index contributed by atoms with van der Waals surface area (Å²) >= 11 is 1.73. The second-order valence-electron chi connectivity index (χ2n) is 12.2. The number of fused-ring (bicyclic) bond motifs is 1. The molecular formula is C34H41N9S. The van der Waals surface area contributed by atoms with Crippen molar-refractivity contribution in [3.63, 3.8) is 0 Å². The second kappa shape index (κ2) is 12.6. The first-order valence-corrected chi connectivity index (χ1v) is 16.7. The van der Waals surface area contributed by atoms with Gasteiger partial charge in [0.2, 0.25) is 0 Å². The van der Waals surface area contributed by atoms with Gasteiger partial charge in [-0.3, -0.25) is 4.90 Å². The molecular weight excluding hydrogens is 567 g/mol. The third-order valence-electron chi connectivity index (χ3n) is 9.22. The van der Waals surface area contributed by atoms with Crippen LogP contribution in [0.25, 0.3) is 33.5 Å². The predicted molar refractivity (Wildman–Crippen MR) is 180 cm³/mol. The quantitative estimate of drug-likeness (QED) is 0.203. The molecule has 2 aliphatic rings. The highest BCUT2D eigenvalue weighted by Crippen LogP contribution is 2.38. The van der Waals surface area contributed by atoms with Gasteiger partial charge in [-0.2, -0.15) is 5.10 Å². The van der Waals surface area contributed by atoms with Crippen LogP contribution in [0.2, 0.25) is 0 Å². The number of nitrogen functional groups attached to an aromatic ring is 1. The standard InChI is InChI=1S/C34H41N9S/c1-3-7-28-30(23-8-5-4-6-9-23)39-34(44-28)38-25-12-10-24(11-13-25)31-29-32(35)36-22-37-33(29)43(40-31)27-16-14-26(15-17-27)42-20-18-41(2)19-21-42/h4-6,8-13,22,26-27H,3,7,14-21H2,1-2H3,(H,38,39)(H2,35,36,37)/t26-,27+. The fourth-order valence-electron chi connectivity index (χ4n) is 6.77. The van der Waals surface area contributed by atoms with Gasteiger partial charge in [0, 0.05) is 53.9 Å². The average Bonchev–Trinajstić information content (AvgIpc) is 3.65. The Hall–Kier alpha value is -3.86. The zero-order chi connectivity index (χ0) is 30.0. The maximum atomic E-state index is 6.45. The number of piperazine rings is 1. The molecule has 1 saturated heterocycles. The molecule has 228 valence electrons. The van der Waals surface area contributed by atoms with Crippen molar-refractivity contribution in [3.05, 3.63) is 65.8 Å². The van der Waals surface area contributed by atoms with Gasteiger partial charge in [0.15, 0.2) is 10.8 Å². The summed E-state index contributed by atoms with van der Waals surface area (Å²) in [5.74, 6) is 0.476. The third kappa shape index (κ3) is 5.81. The molecule has 0 radical (unpaired) electrons. The Balaban J connectivity index is 1.11. The summed E-state index contributed by atoms with van der Waals surface area (Å²) in [7, 11) is 2.22. The number of nitrogens with two attached hydrogens (primary N) is 1. The highest BCUT2D eigenvalue weighted by Gasteiger charge is 2.30. The summed E-state index contributed by atoms with van der Waals surface area (Å²) in [4.78, 5) is 20.4. The van der Waals surface area contributed by atoms with Crippen LogP contribution in [-0.2, 0) is 6.42 Å². The van der Waals surface area contributed by atoms with Gasteiger partial charge in [-0.05, 0) is 51.3 Å². The maximum absolute atomic E-state index is 6.45. The fourth-order valence-corrected chi connectivity index (χ4v) is 7.87. The van der Waals surface area contributed by atoms with Crippen molar-refractivity contribution < 1.29 is 0 Å². The van der Waals surface area contributed by atoms with Crippen LogP contribution in [0.5, 0.6) is 0 Å². The van der Waals surface area contributed by atoms with Gasteiger partial charge in [0.05, 0.1) is 17.1 Å². The zero-order valence-corrected chi connectivity index (χ0v) is 26.4. The van der Waals surface area contributed by atoms with Crippen LogP contribution >= 0.6 is 11.3 Å². The van der Waals surface area contributed by atoms with E-state index in [1.54, 1.807) is 17.7 Å². The van der Waals surface area contributed by atoms with E-state index >= 15 is 0 Å². The van der Waals surface area contributed by atoms with E-state index in [1.807, 2.05) is 6.07 Å². The number of aryl methyl sites for hydroxylation is 1. The van der Waals surface area contributed by atoms with Crippen molar-refractivity contribution in [1.82, 2.24) is 34.5 Å². The van der Waals surface area contributed by atoms with Gasteiger partial charge in [-0.15, -0.1) is 11.3 Å². The van der Waals surface area contributed by atoms with Crippen molar-refractivity contribution in [2.45, 2.75) is 57.5 Å². The van der Waals surface area contributed by atoms with Gasteiger partial charge in [0.1, 0.15) is 17.8 Å². The summed E-state index contributed by atoms with van der Waals surface area (Å²) in [6.45, 7) is 6.88. The van der Waals surface area contributed by atoms with Gasteiger partial charge in [-0.1, -0.05) is 55.8 Å². The van der Waals surface area contributed by atoms with Crippen LogP contribution in [0, 0.1) is 0 Å². The SMILES string of the molecule is CCCc1sc(Nc2ccc(-c3nn([C@H]4CC[C@@H](N5CCN(C)CC5)CC4)c4ncnc(N)c34)cc2)nc1-c1ccccc1. The second-order valence-corrected chi connectivity index (χ2v) is 13.2. The summed E-state index contributed by atoms with van der Waals surface area (Å²) in [5.41, 5.74) is 12.3. The number of nitrogens with one attached hydrogen (secondary N) is 1. The third-order valence-corrected chi connectivity index (χ3v) is 10.2. The van der Waals surface area contributed by atoms with E-state index in [9.17, 15) is 0 Å². The van der Waals surface area contributed by atoms with E-state index in [0.717, 1.165) is 83.1 Å². The van der Waals surface area contributed by atoms with Gasteiger partial charge >= 0.3 is 0 Å². The first-order valence-electron chi connectivity index (χ1n) is 15.9. The van der Waals surface area contributed by atoms with Gasteiger partial charge in [0.25, 0.3) is 0 Å². The number of nitrogens with zero attached hydrogens (tertiary/aromatic N) is 7. The lowest BCUT2D eigenvalue weighted by molar-refractivity contribution is 0.0815. The Morgan fingerprint density at radius 3 is 2.30 bits per heavy atom. The maximum Gasteiger partial charge on any atom is 0.187 e. The highest BCUT2D eigenvalue weighted by atomic mass is 32.1. The van der Waals surface area contributed by atoms with Gasteiger partial charge < -0.3 is 16.0 Å². The molecule has 0 spiro atoms. The summed E-state index contributed by atoms with van der Waals surface area (Å²) < 4.78 is 2.13. The van der Waals surface area contributed by atoms with Crippen LogP contribution < -0.4 is 11.1 Å². The molecule has 0 bridgehead atoms. The van der Waals surface area contributed by atoms with Crippen molar-refractivity contribution in [3.8, 4) is 22.5 Å². The van der Waals surface area contributed by atoms with E-state index in [1.165, 1.54) is 30.8 Å². The molecule has 4 heterocycles. The lowest BCUT2D eigenvalue weighted by Crippen LogP contribution is -2.49. The van der Waals surface area contributed by atoms with Crippen LogP contribution in [-0.4, -0.2) is 73.8 Å². The van der Waals surface area contributed by atoms with Gasteiger partial charge in [-0.25, -0.2) is 19.6 Å². The topological polar surface area (TPSA) is 101 Å². The molecule has 2 aromatic carbocycles. The molecule has 2 fully saturated rings. The molecule has 0 unspecified atom stereocenters. The highest BCUT2D eigenvalue weighted by molar-refractivity contribution is 7.16. The van der Waals surface area contributed by atoms with Crippen molar-refractivity contribution >= 4 is 39.0 Å². The zero-order valence-electron chi connectivity index (χ0n) is 25.6. The van der Waals surface area contributed by atoms with E-state index in [2.05, 4.69) is 92.3 Å². The smallest absolute Gasteiger partial charge is 0.187 e. The van der Waals surface area contributed by atoms with Crippen LogP contribution in [0.3, 0.4) is 0 Å². The minimum Gasteiger partial charge on any atom is -0.383 e. The van der Waals surface area contributed by atoms with Crippen molar-refractivity contribution in [1.29, 1.82) is 0 Å². The Morgan fingerprint density at radius 2 is 1.57 bits per heavy atom. The number of hydrogen-bond donors (Lipinski definition) is 2. The largest absolute Gasteiger partial charge is 0.383 e. The molecule has 0 amide bonds. The Morgan fingerprint density at radius 1 is 0.864 bits per heavy atom. The number of rotatable bonds is 8. The monoisotopic (exact) mass is 607 g/mol. The van der Waals surface area contributed by atoms with Crippen LogP contribution in [0.15, 0.2) is 60.9 Å². The lowest BCUT2D eigenvalue weighted by Gasteiger charge is -2.41. The number of anilines is 3. The van der Waals surface area contributed by atoms with Crippen molar-refractivity contribution in [2.75, 3.05) is 44.3 Å². The van der Waals surface area contributed by atoms with E-state index < -0.39 is 0 Å². The van der Waals surface area contributed by atoms with E-state index in [0.29, 0.717) is 17.9 Å². The minimum absolute atomic E-state index is 0.311. The molecule has 10 heteroatoms. The number of thiazole rings is 1. The van der Waals surface area contributed by atoms with Crippen molar-refractivity contribution in [2.24, 2.45) is 0 Å². The summed E-state index contributed by atoms with van der Waals surface area (Å²) in [6.07, 6.45) is 8.23. The molecule has 7 rings (SSSR count). The number of hydrogen-bond acceptors (Lipinski definition) is 9. The summed E-state index contributed by atoms with van der Waals surface area (Å²) in [5, 5.41) is 10.4. The minimum atomic E-state index is 0.311. The first kappa shape index (κ1) is 28.9. The first-order chi connectivity index (χ1) is 21.6. The molecule has 1 aliphatic carbocycles. The Bertz CT molecular complexity index is 1700. The van der Waals surface area contributed by atoms with E-state index in [4.69, 9.17) is 15.8 Å². The fraction of sp³-hybridized carbons (Fsp3) is 0.412. The number of aromatic nitrogens is 5. The molecule has 1 aliphatic heterocycles. The number of benzene rings is 2. The molecule has 5 aromatic rings. The Kier molecular flexibility index (Phi) is 8.29. The molecule has 44 heavy (non-hydrogen) atoms. The summed E-state index contributed by atoms with van der Waals surface area (Å²) in [6, 6.07) is 19.8. The normalized spacial score (nSPS) is 19.9.